The van der Waals surface area contributed by atoms with Gasteiger partial charge >= 0.3 is 5.97 Å². The van der Waals surface area contributed by atoms with Crippen LogP contribution in [0.1, 0.15) is 37.0 Å². The summed E-state index contributed by atoms with van der Waals surface area (Å²) in [6.07, 6.45) is -0.0178. The van der Waals surface area contributed by atoms with Crippen LogP contribution >= 0.6 is 0 Å². The smallest absolute Gasteiger partial charge is 0.338 e. The Hall–Kier alpha value is -1.47. The van der Waals surface area contributed by atoms with E-state index in [1.165, 1.54) is 0 Å². The number of rotatable bonds is 3. The van der Waals surface area contributed by atoms with Gasteiger partial charge in [-0.2, -0.15) is 0 Å². The standard InChI is InChI=1S/C18H22O6/c1-17(2)22-13-14(23-17)18(24-16(13)20-3)10-9-12(18)21-15(19)11-7-5-4-6-8-11/h4-8,12-14,16H,9-10H2,1-3H3/t12?,13?,14?,16?,18-/m0/s1. The number of fused-ring (bicyclic) bond motifs is 2. The van der Waals surface area contributed by atoms with E-state index >= 15 is 0 Å². The number of ether oxygens (including phenoxy) is 5. The Morgan fingerprint density at radius 1 is 1.17 bits per heavy atom. The van der Waals surface area contributed by atoms with Gasteiger partial charge in [0, 0.05) is 7.11 Å². The third kappa shape index (κ3) is 2.37. The lowest BCUT2D eigenvalue weighted by Crippen LogP contribution is -2.61. The van der Waals surface area contributed by atoms with Crippen molar-refractivity contribution in [1.29, 1.82) is 0 Å². The average molecular weight is 334 g/mol. The number of hydrogen-bond acceptors (Lipinski definition) is 6. The summed E-state index contributed by atoms with van der Waals surface area (Å²) in [6.45, 7) is 3.74. The van der Waals surface area contributed by atoms with Crippen molar-refractivity contribution in [1.82, 2.24) is 0 Å². The summed E-state index contributed by atoms with van der Waals surface area (Å²) in [5.74, 6) is -1.05. The largest absolute Gasteiger partial charge is 0.456 e. The van der Waals surface area contributed by atoms with Crippen LogP contribution in [-0.2, 0) is 23.7 Å². The Labute approximate surface area is 141 Å². The highest BCUT2D eigenvalue weighted by molar-refractivity contribution is 5.89. The molecule has 2 heterocycles. The van der Waals surface area contributed by atoms with E-state index in [-0.39, 0.29) is 24.3 Å². The number of esters is 1. The zero-order valence-corrected chi connectivity index (χ0v) is 14.1. The molecule has 3 fully saturated rings. The van der Waals surface area contributed by atoms with Crippen molar-refractivity contribution in [2.75, 3.05) is 7.11 Å². The molecule has 1 spiro atoms. The second kappa shape index (κ2) is 5.52. The maximum absolute atomic E-state index is 12.4. The third-order valence-electron chi connectivity index (χ3n) is 5.05. The van der Waals surface area contributed by atoms with E-state index in [4.69, 9.17) is 23.7 Å². The molecule has 24 heavy (non-hydrogen) atoms. The summed E-state index contributed by atoms with van der Waals surface area (Å²) < 4.78 is 29.2. The predicted octanol–water partition coefficient (Wildman–Crippen LogP) is 2.27. The third-order valence-corrected chi connectivity index (χ3v) is 5.05. The van der Waals surface area contributed by atoms with Crippen molar-refractivity contribution < 1.29 is 28.5 Å². The lowest BCUT2D eigenvalue weighted by Gasteiger charge is -2.47. The summed E-state index contributed by atoms with van der Waals surface area (Å²) in [7, 11) is 1.58. The van der Waals surface area contributed by atoms with Gasteiger partial charge in [0.1, 0.15) is 23.9 Å². The van der Waals surface area contributed by atoms with Crippen LogP contribution in [0.15, 0.2) is 30.3 Å². The summed E-state index contributed by atoms with van der Waals surface area (Å²) in [5.41, 5.74) is -0.162. The summed E-state index contributed by atoms with van der Waals surface area (Å²) >= 11 is 0. The highest BCUT2D eigenvalue weighted by atomic mass is 16.8. The Balaban J connectivity index is 1.54. The minimum Gasteiger partial charge on any atom is -0.456 e. The fourth-order valence-corrected chi connectivity index (χ4v) is 3.84. The van der Waals surface area contributed by atoms with Crippen molar-refractivity contribution in [2.24, 2.45) is 0 Å². The minimum atomic E-state index is -0.702. The van der Waals surface area contributed by atoms with Crippen LogP contribution in [0.2, 0.25) is 0 Å². The van der Waals surface area contributed by atoms with Crippen LogP contribution in [0.5, 0.6) is 0 Å². The highest BCUT2D eigenvalue weighted by Gasteiger charge is 2.70. The molecule has 6 heteroatoms. The van der Waals surface area contributed by atoms with Crippen molar-refractivity contribution in [2.45, 2.75) is 62.7 Å². The molecule has 4 unspecified atom stereocenters. The molecule has 3 aliphatic rings. The van der Waals surface area contributed by atoms with Crippen LogP contribution < -0.4 is 0 Å². The molecule has 5 atom stereocenters. The molecule has 6 nitrogen and oxygen atoms in total. The molecule has 0 aromatic heterocycles. The molecule has 1 aliphatic carbocycles. The van der Waals surface area contributed by atoms with Crippen LogP contribution in [-0.4, -0.2) is 49.1 Å². The maximum Gasteiger partial charge on any atom is 0.338 e. The van der Waals surface area contributed by atoms with E-state index in [0.29, 0.717) is 5.56 Å². The van der Waals surface area contributed by atoms with Gasteiger partial charge in [-0.3, -0.25) is 0 Å². The fourth-order valence-electron chi connectivity index (χ4n) is 3.84. The second-order valence-electron chi connectivity index (χ2n) is 7.00. The summed E-state index contributed by atoms with van der Waals surface area (Å²) in [4.78, 5) is 12.4. The van der Waals surface area contributed by atoms with Crippen molar-refractivity contribution in [3.63, 3.8) is 0 Å². The van der Waals surface area contributed by atoms with E-state index < -0.39 is 17.7 Å². The molecule has 2 aliphatic heterocycles. The van der Waals surface area contributed by atoms with Crippen LogP contribution in [0.25, 0.3) is 0 Å². The van der Waals surface area contributed by atoms with Gasteiger partial charge in [0.05, 0.1) is 5.56 Å². The molecule has 1 aromatic rings. The number of carbonyl (C=O) groups is 1. The van der Waals surface area contributed by atoms with Crippen LogP contribution in [0.4, 0.5) is 0 Å². The molecule has 1 aromatic carbocycles. The average Bonchev–Trinajstić information content (AvgIpc) is 3.04. The Kier molecular flexibility index (Phi) is 3.69. The lowest BCUT2D eigenvalue weighted by molar-refractivity contribution is -0.288. The summed E-state index contributed by atoms with van der Waals surface area (Å²) in [6, 6.07) is 8.96. The van der Waals surface area contributed by atoms with Gasteiger partial charge in [0.2, 0.25) is 0 Å². The minimum absolute atomic E-state index is 0.306. The summed E-state index contributed by atoms with van der Waals surface area (Å²) in [5, 5.41) is 0. The SMILES string of the molecule is COC1O[C@]2(CCC2OC(=O)c2ccccc2)C2OC(C)(C)OC12. The number of hydrogen-bond donors (Lipinski definition) is 0. The first-order chi connectivity index (χ1) is 11.5. The normalized spacial score (nSPS) is 39.5. The molecule has 130 valence electrons. The number of carbonyl (C=O) groups excluding carboxylic acids is 1. The van der Waals surface area contributed by atoms with Gasteiger partial charge in [0.15, 0.2) is 12.1 Å². The molecular formula is C18H22O6. The van der Waals surface area contributed by atoms with Crippen molar-refractivity contribution in [3.05, 3.63) is 35.9 Å². The molecule has 1 saturated carbocycles. The van der Waals surface area contributed by atoms with Gasteiger partial charge in [0.25, 0.3) is 0 Å². The Morgan fingerprint density at radius 2 is 1.92 bits per heavy atom. The monoisotopic (exact) mass is 334 g/mol. The van der Waals surface area contributed by atoms with E-state index in [2.05, 4.69) is 0 Å². The van der Waals surface area contributed by atoms with Gasteiger partial charge in [-0.1, -0.05) is 18.2 Å². The molecule has 0 N–H and O–H groups in total. The maximum atomic E-state index is 12.4. The van der Waals surface area contributed by atoms with Crippen molar-refractivity contribution >= 4 is 5.97 Å². The zero-order chi connectivity index (χ0) is 16.9. The van der Waals surface area contributed by atoms with Gasteiger partial charge in [-0.25, -0.2) is 4.79 Å². The number of methoxy groups -OCH3 is 1. The Morgan fingerprint density at radius 3 is 2.54 bits per heavy atom. The lowest BCUT2D eigenvalue weighted by atomic mass is 9.72. The van der Waals surface area contributed by atoms with E-state index in [9.17, 15) is 4.79 Å². The zero-order valence-electron chi connectivity index (χ0n) is 14.1. The molecule has 0 bridgehead atoms. The quantitative estimate of drug-likeness (QED) is 0.790. The molecular weight excluding hydrogens is 312 g/mol. The number of benzene rings is 1. The van der Waals surface area contributed by atoms with Crippen LogP contribution in [0.3, 0.4) is 0 Å². The first kappa shape index (κ1) is 16.0. The van der Waals surface area contributed by atoms with Gasteiger partial charge in [-0.05, 0) is 38.8 Å². The van der Waals surface area contributed by atoms with Gasteiger partial charge in [-0.15, -0.1) is 0 Å². The Bertz CT molecular complexity index is 630. The van der Waals surface area contributed by atoms with Crippen molar-refractivity contribution in [3.8, 4) is 0 Å². The van der Waals surface area contributed by atoms with Crippen LogP contribution in [0, 0.1) is 0 Å². The fraction of sp³-hybridized carbons (Fsp3) is 0.611. The predicted molar refractivity (Wildman–Crippen MR) is 83.3 cm³/mol. The molecule has 0 radical (unpaired) electrons. The van der Waals surface area contributed by atoms with Gasteiger partial charge < -0.3 is 23.7 Å². The molecule has 4 rings (SSSR count). The molecule has 0 amide bonds. The van der Waals surface area contributed by atoms with E-state index in [1.54, 1.807) is 19.2 Å². The first-order valence-corrected chi connectivity index (χ1v) is 8.27. The van der Waals surface area contributed by atoms with E-state index in [0.717, 1.165) is 12.8 Å². The second-order valence-corrected chi connectivity index (χ2v) is 7.00. The first-order valence-electron chi connectivity index (χ1n) is 8.27. The van der Waals surface area contributed by atoms with E-state index in [1.807, 2.05) is 32.0 Å². The highest BCUT2D eigenvalue weighted by Crippen LogP contribution is 2.54. The topological polar surface area (TPSA) is 63.2 Å². The molecule has 2 saturated heterocycles.